The molecule has 0 N–H and O–H groups in total. The summed E-state index contributed by atoms with van der Waals surface area (Å²) < 4.78 is 20.1. The lowest BCUT2D eigenvalue weighted by atomic mass is 9.77. The molecule has 3 heterocycles. The lowest BCUT2D eigenvalue weighted by Crippen LogP contribution is -2.42. The van der Waals surface area contributed by atoms with Gasteiger partial charge in [0, 0.05) is 12.7 Å². The second-order valence-electron chi connectivity index (χ2n) is 7.86. The number of pyridine rings is 1. The number of rotatable bonds is 3. The number of alkyl halides is 1. The molecule has 4 atom stereocenters. The van der Waals surface area contributed by atoms with Crippen LogP contribution in [0.1, 0.15) is 36.6 Å². The van der Waals surface area contributed by atoms with E-state index in [0.29, 0.717) is 30.7 Å². The van der Waals surface area contributed by atoms with Gasteiger partial charge in [-0.15, -0.1) is 0 Å². The molecule has 1 aromatic carbocycles. The van der Waals surface area contributed by atoms with Crippen molar-refractivity contribution in [1.29, 1.82) is 0 Å². The molecule has 6 heteroatoms. The van der Waals surface area contributed by atoms with Gasteiger partial charge in [0.1, 0.15) is 18.3 Å². The minimum Gasteiger partial charge on any atom is -0.483 e. The van der Waals surface area contributed by atoms with Crippen LogP contribution in [0, 0.1) is 5.92 Å². The van der Waals surface area contributed by atoms with E-state index in [0.717, 1.165) is 5.56 Å². The molecule has 29 heavy (non-hydrogen) atoms. The van der Waals surface area contributed by atoms with Crippen molar-refractivity contribution in [2.45, 2.75) is 44.1 Å². The molecular formula is C23H21FN2O3. The van der Waals surface area contributed by atoms with Crippen LogP contribution in [0.2, 0.25) is 0 Å². The number of hydrogen-bond donors (Lipinski definition) is 0. The Labute approximate surface area is 168 Å². The summed E-state index contributed by atoms with van der Waals surface area (Å²) >= 11 is 0. The standard InChI is InChI=1S/C23H21FN2O3/c24-15-9-10-18-16(12-15)21(27)19-20(17-8-4-5-11-25-17)26(23(28)22(19)29-18)13-14-6-2-1-3-7-14/h1-8,11,15-16,18,20H,9-10,12-13H2. The Bertz CT molecular complexity index is 976. The zero-order valence-corrected chi connectivity index (χ0v) is 15.8. The molecule has 1 fully saturated rings. The third kappa shape index (κ3) is 3.03. The van der Waals surface area contributed by atoms with Gasteiger partial charge in [-0.3, -0.25) is 14.6 Å². The van der Waals surface area contributed by atoms with Gasteiger partial charge in [0.05, 0.1) is 17.2 Å². The molecule has 148 valence electrons. The third-order valence-electron chi connectivity index (χ3n) is 6.04. The monoisotopic (exact) mass is 392 g/mol. The smallest absolute Gasteiger partial charge is 0.290 e. The number of Topliss-reactive ketones (excluding diaryl/α,β-unsaturated/α-hetero) is 1. The quantitative estimate of drug-likeness (QED) is 0.802. The fourth-order valence-corrected chi connectivity index (χ4v) is 4.65. The van der Waals surface area contributed by atoms with E-state index >= 15 is 0 Å². The first-order chi connectivity index (χ1) is 14.1. The van der Waals surface area contributed by atoms with Gasteiger partial charge in [0.2, 0.25) is 0 Å². The van der Waals surface area contributed by atoms with Crippen molar-refractivity contribution in [3.8, 4) is 0 Å². The van der Waals surface area contributed by atoms with Gasteiger partial charge in [-0.05, 0) is 37.0 Å². The highest BCUT2D eigenvalue weighted by molar-refractivity contribution is 6.11. The summed E-state index contributed by atoms with van der Waals surface area (Å²) in [5, 5.41) is 0. The second-order valence-corrected chi connectivity index (χ2v) is 7.86. The topological polar surface area (TPSA) is 59.5 Å². The number of carbonyl (C=O) groups excluding carboxylic acids is 2. The summed E-state index contributed by atoms with van der Waals surface area (Å²) in [6.45, 7) is 0.339. The van der Waals surface area contributed by atoms with Gasteiger partial charge in [-0.2, -0.15) is 0 Å². The zero-order chi connectivity index (χ0) is 20.0. The second kappa shape index (κ2) is 7.10. The Morgan fingerprint density at radius 2 is 1.86 bits per heavy atom. The molecule has 1 aliphatic carbocycles. The molecule has 1 saturated carbocycles. The lowest BCUT2D eigenvalue weighted by Gasteiger charge is -2.36. The number of fused-ring (bicyclic) bond motifs is 1. The predicted octanol–water partition coefficient (Wildman–Crippen LogP) is 3.53. The van der Waals surface area contributed by atoms with Crippen LogP contribution >= 0.6 is 0 Å². The summed E-state index contributed by atoms with van der Waals surface area (Å²) in [7, 11) is 0. The average molecular weight is 392 g/mol. The number of ether oxygens (including phenoxy) is 1. The Kier molecular flexibility index (Phi) is 4.42. The van der Waals surface area contributed by atoms with Crippen molar-refractivity contribution < 1.29 is 18.7 Å². The van der Waals surface area contributed by atoms with E-state index in [-0.39, 0.29) is 23.9 Å². The van der Waals surface area contributed by atoms with Crippen molar-refractivity contribution in [3.63, 3.8) is 0 Å². The summed E-state index contributed by atoms with van der Waals surface area (Å²) in [6, 6.07) is 14.4. The fraction of sp³-hybridized carbons (Fsp3) is 0.348. The molecule has 1 aromatic heterocycles. The van der Waals surface area contributed by atoms with Crippen molar-refractivity contribution in [1.82, 2.24) is 9.88 Å². The van der Waals surface area contributed by atoms with Gasteiger partial charge < -0.3 is 9.64 Å². The van der Waals surface area contributed by atoms with Crippen LogP contribution in [0.15, 0.2) is 66.1 Å². The fourth-order valence-electron chi connectivity index (χ4n) is 4.65. The van der Waals surface area contributed by atoms with Crippen molar-refractivity contribution in [3.05, 3.63) is 77.3 Å². The Morgan fingerprint density at radius 3 is 2.62 bits per heavy atom. The van der Waals surface area contributed by atoms with E-state index in [9.17, 15) is 14.0 Å². The van der Waals surface area contributed by atoms with Crippen LogP contribution in [0.4, 0.5) is 4.39 Å². The molecule has 4 unspecified atom stereocenters. The van der Waals surface area contributed by atoms with Crippen LogP contribution in [0.25, 0.3) is 0 Å². The number of amides is 1. The highest BCUT2D eigenvalue weighted by Crippen LogP contribution is 2.47. The van der Waals surface area contributed by atoms with E-state index in [4.69, 9.17) is 4.74 Å². The Hall–Kier alpha value is -3.02. The minimum absolute atomic E-state index is 0.125. The van der Waals surface area contributed by atoms with Gasteiger partial charge in [0.25, 0.3) is 5.91 Å². The first-order valence-corrected chi connectivity index (χ1v) is 9.98. The first-order valence-electron chi connectivity index (χ1n) is 9.98. The molecule has 1 amide bonds. The van der Waals surface area contributed by atoms with Crippen molar-refractivity contribution in [2.24, 2.45) is 5.92 Å². The molecule has 2 aromatic rings. The highest BCUT2D eigenvalue weighted by atomic mass is 19.1. The maximum absolute atomic E-state index is 14.0. The van der Waals surface area contributed by atoms with E-state index in [1.165, 1.54) is 0 Å². The predicted molar refractivity (Wildman–Crippen MR) is 103 cm³/mol. The van der Waals surface area contributed by atoms with Gasteiger partial charge >= 0.3 is 0 Å². The molecule has 0 spiro atoms. The summed E-state index contributed by atoms with van der Waals surface area (Å²) in [4.78, 5) is 32.8. The summed E-state index contributed by atoms with van der Waals surface area (Å²) in [5.74, 6) is -0.875. The SMILES string of the molecule is O=C1C2=C(OC3CCC(F)CC13)C(=O)N(Cc1ccccc1)C2c1ccccn1. The van der Waals surface area contributed by atoms with E-state index < -0.39 is 24.2 Å². The van der Waals surface area contributed by atoms with Gasteiger partial charge in [0.15, 0.2) is 11.5 Å². The molecule has 5 nitrogen and oxygen atoms in total. The van der Waals surface area contributed by atoms with Crippen LogP contribution in [0.5, 0.6) is 0 Å². The third-order valence-corrected chi connectivity index (χ3v) is 6.04. The molecular weight excluding hydrogens is 371 g/mol. The molecule has 0 saturated heterocycles. The van der Waals surface area contributed by atoms with Gasteiger partial charge in [-0.1, -0.05) is 36.4 Å². The first kappa shape index (κ1) is 18.0. The number of ketones is 1. The lowest BCUT2D eigenvalue weighted by molar-refractivity contribution is -0.136. The summed E-state index contributed by atoms with van der Waals surface area (Å²) in [6.07, 6.45) is 1.20. The van der Waals surface area contributed by atoms with Crippen LogP contribution in [-0.2, 0) is 20.9 Å². The normalized spacial score (nSPS) is 28.8. The maximum atomic E-state index is 14.0. The van der Waals surface area contributed by atoms with E-state index in [1.807, 2.05) is 42.5 Å². The minimum atomic E-state index is -1.00. The van der Waals surface area contributed by atoms with Crippen LogP contribution in [-0.4, -0.2) is 33.8 Å². The van der Waals surface area contributed by atoms with E-state index in [1.54, 1.807) is 17.2 Å². The largest absolute Gasteiger partial charge is 0.483 e. The molecule has 0 bridgehead atoms. The number of nitrogens with zero attached hydrogens (tertiary/aromatic N) is 2. The number of aromatic nitrogens is 1. The number of halogens is 1. The van der Waals surface area contributed by atoms with Crippen LogP contribution in [0.3, 0.4) is 0 Å². The van der Waals surface area contributed by atoms with Crippen molar-refractivity contribution >= 4 is 11.7 Å². The Morgan fingerprint density at radius 1 is 1.07 bits per heavy atom. The zero-order valence-electron chi connectivity index (χ0n) is 15.8. The summed E-state index contributed by atoms with van der Waals surface area (Å²) in [5.41, 5.74) is 1.90. The van der Waals surface area contributed by atoms with Crippen molar-refractivity contribution in [2.75, 3.05) is 0 Å². The van der Waals surface area contributed by atoms with E-state index in [2.05, 4.69) is 4.98 Å². The molecule has 3 aliphatic rings. The number of hydrogen-bond acceptors (Lipinski definition) is 4. The number of benzene rings is 1. The Balaban J connectivity index is 1.57. The molecule has 5 rings (SSSR count). The average Bonchev–Trinajstić information content (AvgIpc) is 3.02. The molecule has 0 radical (unpaired) electrons. The highest BCUT2D eigenvalue weighted by Gasteiger charge is 2.53. The van der Waals surface area contributed by atoms with Gasteiger partial charge in [-0.25, -0.2) is 4.39 Å². The van der Waals surface area contributed by atoms with Crippen LogP contribution < -0.4 is 0 Å². The maximum Gasteiger partial charge on any atom is 0.290 e. The number of carbonyl (C=O) groups is 2. The molecule has 2 aliphatic heterocycles.